The van der Waals surface area contributed by atoms with Crippen molar-refractivity contribution < 1.29 is 27.4 Å². The number of carbonyl (C=O) groups excluding carboxylic acids is 1. The van der Waals surface area contributed by atoms with E-state index in [2.05, 4.69) is 27.9 Å². The quantitative estimate of drug-likeness (QED) is 0.178. The van der Waals surface area contributed by atoms with Crippen LogP contribution in [0.25, 0.3) is 6.08 Å². The number of amides is 1. The number of aryl methyl sites for hydroxylation is 2. The van der Waals surface area contributed by atoms with Gasteiger partial charge in [-0.05, 0) is 95.1 Å². The van der Waals surface area contributed by atoms with Crippen LogP contribution in [-0.2, 0) is 17.6 Å². The van der Waals surface area contributed by atoms with E-state index < -0.39 is 17.6 Å². The molecule has 3 aromatic rings. The fourth-order valence-corrected chi connectivity index (χ4v) is 4.08. The zero-order chi connectivity index (χ0) is 26.5. The third kappa shape index (κ3) is 6.79. The van der Waals surface area contributed by atoms with Crippen molar-refractivity contribution in [2.24, 2.45) is 0 Å². The number of halogens is 4. The number of nitrogens with one attached hydrogen (secondary N) is 1. The van der Waals surface area contributed by atoms with Crippen LogP contribution in [0.5, 0.6) is 11.5 Å². The van der Waals surface area contributed by atoms with Gasteiger partial charge in [-0.2, -0.15) is 18.4 Å². The lowest BCUT2D eigenvalue weighted by Gasteiger charge is -2.14. The molecule has 0 saturated heterocycles. The van der Waals surface area contributed by atoms with Crippen molar-refractivity contribution in [1.29, 1.82) is 5.26 Å². The van der Waals surface area contributed by atoms with E-state index in [1.54, 1.807) is 18.2 Å². The van der Waals surface area contributed by atoms with Gasteiger partial charge in [-0.25, -0.2) is 0 Å². The predicted molar refractivity (Wildman–Crippen MR) is 140 cm³/mol. The van der Waals surface area contributed by atoms with Crippen LogP contribution in [0.3, 0.4) is 0 Å². The van der Waals surface area contributed by atoms with Crippen molar-refractivity contribution in [2.75, 3.05) is 12.4 Å². The molecule has 0 unspecified atom stereocenters. The Morgan fingerprint density at radius 1 is 1.11 bits per heavy atom. The van der Waals surface area contributed by atoms with E-state index in [0.29, 0.717) is 27.2 Å². The van der Waals surface area contributed by atoms with Crippen LogP contribution in [0.4, 0.5) is 18.9 Å². The largest absolute Gasteiger partial charge is 0.493 e. The molecule has 0 aliphatic carbocycles. The summed E-state index contributed by atoms with van der Waals surface area (Å²) < 4.78 is 51.0. The lowest BCUT2D eigenvalue weighted by Crippen LogP contribution is -2.14. The topological polar surface area (TPSA) is 71.3 Å². The Balaban J connectivity index is 1.82. The Labute approximate surface area is 220 Å². The highest BCUT2D eigenvalue weighted by Crippen LogP contribution is 2.35. The van der Waals surface area contributed by atoms with E-state index in [1.165, 1.54) is 30.9 Å². The molecule has 36 heavy (non-hydrogen) atoms. The van der Waals surface area contributed by atoms with Gasteiger partial charge in [0.1, 0.15) is 18.2 Å². The molecule has 3 rings (SSSR count). The third-order valence-corrected chi connectivity index (χ3v) is 6.13. The fraction of sp³-hybridized carbons (Fsp3) is 0.185. The van der Waals surface area contributed by atoms with E-state index in [1.807, 2.05) is 32.0 Å². The first-order valence-electron chi connectivity index (χ1n) is 10.7. The molecule has 9 heteroatoms. The highest BCUT2D eigenvalue weighted by Gasteiger charge is 2.30. The monoisotopic (exact) mass is 606 g/mol. The van der Waals surface area contributed by atoms with Gasteiger partial charge < -0.3 is 14.8 Å². The van der Waals surface area contributed by atoms with Crippen LogP contribution in [0, 0.1) is 28.7 Å². The van der Waals surface area contributed by atoms with Crippen LogP contribution in [-0.4, -0.2) is 13.0 Å². The highest BCUT2D eigenvalue weighted by atomic mass is 127. The van der Waals surface area contributed by atoms with E-state index >= 15 is 0 Å². The summed E-state index contributed by atoms with van der Waals surface area (Å²) in [6, 6.07) is 15.4. The molecule has 0 heterocycles. The van der Waals surface area contributed by atoms with Crippen LogP contribution >= 0.6 is 22.6 Å². The third-order valence-electron chi connectivity index (χ3n) is 5.33. The molecule has 186 valence electrons. The molecule has 0 bridgehead atoms. The molecule has 0 atom stereocenters. The maximum Gasteiger partial charge on any atom is 0.416 e. The second-order valence-electron chi connectivity index (χ2n) is 7.94. The minimum atomic E-state index is -4.55. The van der Waals surface area contributed by atoms with Gasteiger partial charge >= 0.3 is 6.18 Å². The van der Waals surface area contributed by atoms with Crippen molar-refractivity contribution in [3.05, 3.63) is 91.6 Å². The van der Waals surface area contributed by atoms with Gasteiger partial charge in [0.2, 0.25) is 0 Å². The Kier molecular flexibility index (Phi) is 8.63. The van der Waals surface area contributed by atoms with Crippen molar-refractivity contribution in [3.63, 3.8) is 0 Å². The van der Waals surface area contributed by atoms with Crippen LogP contribution < -0.4 is 14.8 Å². The second-order valence-corrected chi connectivity index (χ2v) is 9.11. The lowest BCUT2D eigenvalue weighted by atomic mass is 10.1. The number of hydrogen-bond donors (Lipinski definition) is 1. The van der Waals surface area contributed by atoms with Gasteiger partial charge in [0.25, 0.3) is 5.91 Å². The van der Waals surface area contributed by atoms with E-state index in [-0.39, 0.29) is 11.3 Å². The van der Waals surface area contributed by atoms with Crippen LogP contribution in [0.1, 0.15) is 27.8 Å². The van der Waals surface area contributed by atoms with Gasteiger partial charge in [0.05, 0.1) is 16.2 Å². The summed E-state index contributed by atoms with van der Waals surface area (Å²) in [4.78, 5) is 12.6. The molecule has 1 N–H and O–H groups in total. The fourth-order valence-electron chi connectivity index (χ4n) is 3.30. The number of benzene rings is 3. The molecular weight excluding hydrogens is 584 g/mol. The number of carbonyl (C=O) groups is 1. The lowest BCUT2D eigenvalue weighted by molar-refractivity contribution is -0.137. The minimum Gasteiger partial charge on any atom is -0.493 e. The van der Waals surface area contributed by atoms with Gasteiger partial charge in [-0.1, -0.05) is 24.3 Å². The first-order chi connectivity index (χ1) is 17.0. The molecule has 0 aliphatic rings. The molecule has 0 aromatic heterocycles. The normalized spacial score (nSPS) is 11.6. The summed E-state index contributed by atoms with van der Waals surface area (Å²) in [6.45, 7) is 4.39. The molecule has 0 saturated carbocycles. The number of hydrogen-bond acceptors (Lipinski definition) is 4. The maximum absolute atomic E-state index is 12.9. The Morgan fingerprint density at radius 2 is 1.86 bits per heavy atom. The number of nitriles is 1. The summed E-state index contributed by atoms with van der Waals surface area (Å²) in [5.41, 5.74) is 2.58. The molecular formula is C27H22F3IN2O3. The summed E-state index contributed by atoms with van der Waals surface area (Å²) in [5.74, 6) is 0.0915. The van der Waals surface area contributed by atoms with E-state index in [9.17, 15) is 23.2 Å². The second kappa shape index (κ2) is 11.5. The number of ether oxygens (including phenoxy) is 2. The Hall–Kier alpha value is -3.52. The minimum absolute atomic E-state index is 0.0711. The van der Waals surface area contributed by atoms with E-state index in [0.717, 1.165) is 23.3 Å². The van der Waals surface area contributed by atoms with Gasteiger partial charge in [-0.15, -0.1) is 0 Å². The summed E-state index contributed by atoms with van der Waals surface area (Å²) >= 11 is 2.07. The first kappa shape index (κ1) is 27.1. The average molecular weight is 606 g/mol. The van der Waals surface area contributed by atoms with E-state index in [4.69, 9.17) is 9.47 Å². The van der Waals surface area contributed by atoms with Gasteiger partial charge in [0, 0.05) is 5.69 Å². The number of alkyl halides is 3. The van der Waals surface area contributed by atoms with Crippen molar-refractivity contribution in [2.45, 2.75) is 26.6 Å². The number of nitrogens with zero attached hydrogens (tertiary/aromatic N) is 1. The van der Waals surface area contributed by atoms with Crippen molar-refractivity contribution in [1.82, 2.24) is 0 Å². The standard InChI is InChI=1S/C27H22F3IN2O3/c1-16-7-8-18(9-17(16)2)15-36-25-23(31)11-19(12-24(25)35-3)10-20(14-32)26(34)33-22-6-4-5-21(13-22)27(28,29)30/h4-13H,15H2,1-3H3,(H,33,34)/b20-10+. The molecule has 0 radical (unpaired) electrons. The predicted octanol–water partition coefficient (Wildman–Crippen LogP) is 7.06. The summed E-state index contributed by atoms with van der Waals surface area (Å²) in [5, 5.41) is 11.8. The van der Waals surface area contributed by atoms with Crippen LogP contribution in [0.2, 0.25) is 0 Å². The molecule has 0 spiro atoms. The van der Waals surface area contributed by atoms with Crippen molar-refractivity contribution in [3.8, 4) is 17.6 Å². The molecule has 5 nitrogen and oxygen atoms in total. The molecule has 3 aromatic carbocycles. The van der Waals surface area contributed by atoms with Crippen molar-refractivity contribution >= 4 is 40.3 Å². The SMILES string of the molecule is COc1cc(/C=C(\C#N)C(=O)Nc2cccc(C(F)(F)F)c2)cc(I)c1OCc1ccc(C)c(C)c1. The first-order valence-corrected chi connectivity index (χ1v) is 11.8. The summed E-state index contributed by atoms with van der Waals surface area (Å²) in [6.07, 6.45) is -3.22. The van der Waals surface area contributed by atoms with Gasteiger partial charge in [0.15, 0.2) is 11.5 Å². The summed E-state index contributed by atoms with van der Waals surface area (Å²) in [7, 11) is 1.48. The van der Waals surface area contributed by atoms with Gasteiger partial charge in [-0.3, -0.25) is 4.79 Å². The zero-order valence-electron chi connectivity index (χ0n) is 19.7. The molecule has 0 fully saturated rings. The zero-order valence-corrected chi connectivity index (χ0v) is 21.8. The number of rotatable bonds is 7. The Morgan fingerprint density at radius 3 is 2.50 bits per heavy atom. The average Bonchev–Trinajstić information content (AvgIpc) is 2.83. The highest BCUT2D eigenvalue weighted by molar-refractivity contribution is 14.1. The molecule has 0 aliphatic heterocycles. The number of anilines is 1. The number of methoxy groups -OCH3 is 1. The molecule has 1 amide bonds. The smallest absolute Gasteiger partial charge is 0.416 e. The Bertz CT molecular complexity index is 1360. The maximum atomic E-state index is 12.9. The van der Waals surface area contributed by atoms with Crippen LogP contribution in [0.15, 0.2) is 60.2 Å².